The third kappa shape index (κ3) is 4.27. The zero-order valence-electron chi connectivity index (χ0n) is 12.3. The lowest BCUT2D eigenvalue weighted by Gasteiger charge is -2.17. The van der Waals surface area contributed by atoms with Crippen molar-refractivity contribution in [1.29, 1.82) is 0 Å². The Morgan fingerprint density at radius 2 is 2.29 bits per heavy atom. The number of thiazole rings is 1. The number of carbonyl (C=O) groups excluding carboxylic acids is 1. The van der Waals surface area contributed by atoms with Crippen LogP contribution in [0, 0.1) is 6.92 Å². The molecule has 0 aliphatic carbocycles. The van der Waals surface area contributed by atoms with Crippen molar-refractivity contribution in [3.05, 3.63) is 45.9 Å². The molecule has 0 saturated carbocycles. The molecule has 1 aromatic carbocycles. The molecule has 2 aromatic rings. The number of carbonyl (C=O) groups is 1. The molecule has 1 atom stereocenters. The van der Waals surface area contributed by atoms with Gasteiger partial charge >= 0.3 is 6.03 Å². The Kier molecular flexibility index (Phi) is 4.93. The maximum Gasteiger partial charge on any atom is 0.321 e. The summed E-state index contributed by atoms with van der Waals surface area (Å²) in [6.07, 6.45) is -0.558. The van der Waals surface area contributed by atoms with E-state index in [0.29, 0.717) is 12.2 Å². The van der Waals surface area contributed by atoms with Crippen LogP contribution in [-0.2, 0) is 6.54 Å². The number of urea groups is 1. The maximum absolute atomic E-state index is 12.1. The summed E-state index contributed by atoms with van der Waals surface area (Å²) in [6.45, 7) is 4.10. The molecule has 112 valence electrons. The molecule has 2 rings (SSSR count). The van der Waals surface area contributed by atoms with Gasteiger partial charge in [-0.25, -0.2) is 9.78 Å². The van der Waals surface area contributed by atoms with E-state index in [0.717, 1.165) is 16.3 Å². The summed E-state index contributed by atoms with van der Waals surface area (Å²) in [4.78, 5) is 18.0. The number of hydrogen-bond donors (Lipinski definition) is 2. The predicted molar refractivity (Wildman–Crippen MR) is 84.4 cm³/mol. The normalized spacial score (nSPS) is 12.0. The van der Waals surface area contributed by atoms with Crippen molar-refractivity contribution >= 4 is 23.1 Å². The van der Waals surface area contributed by atoms with E-state index in [1.54, 1.807) is 42.3 Å². The van der Waals surface area contributed by atoms with Gasteiger partial charge < -0.3 is 15.3 Å². The number of benzene rings is 1. The number of anilines is 1. The second kappa shape index (κ2) is 6.69. The van der Waals surface area contributed by atoms with Crippen LogP contribution in [0.1, 0.15) is 29.3 Å². The molecule has 5 nitrogen and oxygen atoms in total. The number of nitrogens with zero attached hydrogens (tertiary/aromatic N) is 2. The molecule has 0 radical (unpaired) electrons. The molecule has 0 aliphatic rings. The van der Waals surface area contributed by atoms with Crippen molar-refractivity contribution in [2.24, 2.45) is 0 Å². The molecule has 0 bridgehead atoms. The SMILES string of the molecule is Cc1nc(CN(C)C(=O)Nc2cccc(C(C)O)c2)cs1. The maximum atomic E-state index is 12.1. The van der Waals surface area contributed by atoms with Gasteiger partial charge in [-0.15, -0.1) is 11.3 Å². The van der Waals surface area contributed by atoms with Crippen LogP contribution in [0.2, 0.25) is 0 Å². The van der Waals surface area contributed by atoms with Crippen LogP contribution < -0.4 is 5.32 Å². The molecule has 6 heteroatoms. The molecule has 2 N–H and O–H groups in total. The van der Waals surface area contributed by atoms with Crippen molar-refractivity contribution in [3.63, 3.8) is 0 Å². The standard InChI is InChI=1S/C15H19N3O2S/c1-10(19)12-5-4-6-13(7-12)17-15(20)18(3)8-14-9-21-11(2)16-14/h4-7,9-10,19H,8H2,1-3H3,(H,17,20). The second-order valence-corrected chi connectivity index (χ2v) is 6.01. The Balaban J connectivity index is 1.98. The molecule has 0 aliphatic heterocycles. The molecule has 0 spiro atoms. The van der Waals surface area contributed by atoms with Crippen LogP contribution in [0.4, 0.5) is 10.5 Å². The molecule has 1 aromatic heterocycles. The smallest absolute Gasteiger partial charge is 0.321 e. The Morgan fingerprint density at radius 3 is 2.90 bits per heavy atom. The van der Waals surface area contributed by atoms with Crippen molar-refractivity contribution in [1.82, 2.24) is 9.88 Å². The number of aromatic nitrogens is 1. The van der Waals surface area contributed by atoms with Crippen LogP contribution >= 0.6 is 11.3 Å². The average molecular weight is 305 g/mol. The molecular weight excluding hydrogens is 286 g/mol. The number of aliphatic hydroxyl groups is 1. The van der Waals surface area contributed by atoms with Gasteiger partial charge in [-0.2, -0.15) is 0 Å². The number of rotatable bonds is 4. The van der Waals surface area contributed by atoms with Crippen LogP contribution in [-0.4, -0.2) is 28.1 Å². The minimum absolute atomic E-state index is 0.205. The van der Waals surface area contributed by atoms with E-state index in [9.17, 15) is 9.90 Å². The fraction of sp³-hybridized carbons (Fsp3) is 0.333. The summed E-state index contributed by atoms with van der Waals surface area (Å²) >= 11 is 1.57. The minimum atomic E-state index is -0.558. The molecule has 0 saturated heterocycles. The van der Waals surface area contributed by atoms with Crippen LogP contribution in [0.5, 0.6) is 0 Å². The topological polar surface area (TPSA) is 65.5 Å². The van der Waals surface area contributed by atoms with Gasteiger partial charge in [-0.1, -0.05) is 12.1 Å². The zero-order valence-corrected chi connectivity index (χ0v) is 13.1. The van der Waals surface area contributed by atoms with Gasteiger partial charge in [0.05, 0.1) is 23.4 Å². The van der Waals surface area contributed by atoms with Crippen LogP contribution in [0.3, 0.4) is 0 Å². The first kappa shape index (κ1) is 15.5. The zero-order chi connectivity index (χ0) is 15.4. The van der Waals surface area contributed by atoms with E-state index in [1.165, 1.54) is 0 Å². The fourth-order valence-electron chi connectivity index (χ4n) is 1.89. The Bertz CT molecular complexity index is 625. The molecular formula is C15H19N3O2S. The minimum Gasteiger partial charge on any atom is -0.389 e. The lowest BCUT2D eigenvalue weighted by atomic mass is 10.1. The van der Waals surface area contributed by atoms with E-state index in [2.05, 4.69) is 10.3 Å². The van der Waals surface area contributed by atoms with Gasteiger partial charge in [0.1, 0.15) is 0 Å². The first-order valence-electron chi connectivity index (χ1n) is 6.67. The number of amides is 2. The van der Waals surface area contributed by atoms with Gasteiger partial charge in [0, 0.05) is 18.1 Å². The van der Waals surface area contributed by atoms with Crippen LogP contribution in [0.25, 0.3) is 0 Å². The van der Waals surface area contributed by atoms with Gasteiger partial charge in [0.25, 0.3) is 0 Å². The van der Waals surface area contributed by atoms with Crippen LogP contribution in [0.15, 0.2) is 29.6 Å². The lowest BCUT2D eigenvalue weighted by molar-refractivity contribution is 0.199. The second-order valence-electron chi connectivity index (χ2n) is 4.95. The summed E-state index contributed by atoms with van der Waals surface area (Å²) in [6, 6.07) is 6.99. The summed E-state index contributed by atoms with van der Waals surface area (Å²) in [7, 11) is 1.72. The van der Waals surface area contributed by atoms with Gasteiger partial charge in [0.2, 0.25) is 0 Å². The molecule has 21 heavy (non-hydrogen) atoms. The average Bonchev–Trinajstić information content (AvgIpc) is 2.84. The Morgan fingerprint density at radius 1 is 1.52 bits per heavy atom. The van der Waals surface area contributed by atoms with Crippen molar-refractivity contribution in [3.8, 4) is 0 Å². The summed E-state index contributed by atoms with van der Waals surface area (Å²) in [5.41, 5.74) is 2.32. The van der Waals surface area contributed by atoms with Gasteiger partial charge in [0.15, 0.2) is 0 Å². The highest BCUT2D eigenvalue weighted by Crippen LogP contribution is 2.17. The Labute approximate surface area is 128 Å². The number of hydrogen-bond acceptors (Lipinski definition) is 4. The molecule has 1 heterocycles. The third-order valence-electron chi connectivity index (χ3n) is 3.03. The number of aliphatic hydroxyl groups excluding tert-OH is 1. The van der Waals surface area contributed by atoms with E-state index in [1.807, 2.05) is 24.4 Å². The summed E-state index contributed by atoms with van der Waals surface area (Å²) < 4.78 is 0. The highest BCUT2D eigenvalue weighted by Gasteiger charge is 2.11. The molecule has 2 amide bonds. The van der Waals surface area contributed by atoms with Gasteiger partial charge in [-0.3, -0.25) is 0 Å². The Hall–Kier alpha value is -1.92. The van der Waals surface area contributed by atoms with Crippen molar-refractivity contribution < 1.29 is 9.90 Å². The quantitative estimate of drug-likeness (QED) is 0.912. The first-order valence-corrected chi connectivity index (χ1v) is 7.55. The van der Waals surface area contributed by atoms with E-state index in [4.69, 9.17) is 0 Å². The summed E-state index contributed by atoms with van der Waals surface area (Å²) in [5.74, 6) is 0. The van der Waals surface area contributed by atoms with Crippen molar-refractivity contribution in [2.45, 2.75) is 26.5 Å². The molecule has 0 fully saturated rings. The largest absolute Gasteiger partial charge is 0.389 e. The fourth-order valence-corrected chi connectivity index (χ4v) is 2.49. The van der Waals surface area contributed by atoms with E-state index < -0.39 is 6.10 Å². The third-order valence-corrected chi connectivity index (χ3v) is 3.86. The van der Waals surface area contributed by atoms with E-state index in [-0.39, 0.29) is 6.03 Å². The van der Waals surface area contributed by atoms with E-state index >= 15 is 0 Å². The number of nitrogens with one attached hydrogen (secondary N) is 1. The van der Waals surface area contributed by atoms with Gasteiger partial charge in [-0.05, 0) is 31.5 Å². The lowest BCUT2D eigenvalue weighted by Crippen LogP contribution is -2.31. The number of aryl methyl sites for hydroxylation is 1. The first-order chi connectivity index (χ1) is 9.95. The summed E-state index contributed by atoms with van der Waals surface area (Å²) in [5, 5.41) is 15.3. The predicted octanol–water partition coefficient (Wildman–Crippen LogP) is 3.17. The monoisotopic (exact) mass is 305 g/mol. The highest BCUT2D eigenvalue weighted by atomic mass is 32.1. The van der Waals surface area contributed by atoms with Crippen molar-refractivity contribution in [2.75, 3.05) is 12.4 Å². The molecule has 1 unspecified atom stereocenters. The highest BCUT2D eigenvalue weighted by molar-refractivity contribution is 7.09.